The van der Waals surface area contributed by atoms with Crippen LogP contribution in [-0.4, -0.2) is 17.5 Å². The maximum Gasteiger partial charge on any atom is 0.164 e. The number of fused-ring (bicyclic) bond motifs is 2. The van der Waals surface area contributed by atoms with Crippen LogP contribution in [0.1, 0.15) is 37.3 Å². The van der Waals surface area contributed by atoms with E-state index in [0.717, 1.165) is 24.3 Å². The first-order valence-corrected chi connectivity index (χ1v) is 6.94. The molecule has 2 fully saturated rings. The molecule has 0 aromatic heterocycles. The number of carbonyl (C=O) groups excluding carboxylic acids is 1. The van der Waals surface area contributed by atoms with Crippen LogP contribution in [0.15, 0.2) is 18.2 Å². The molecule has 0 bridgehead atoms. The molecule has 1 spiro atoms. The van der Waals surface area contributed by atoms with Gasteiger partial charge in [-0.05, 0) is 42.5 Å². The highest BCUT2D eigenvalue weighted by Gasteiger charge is 2.72. The van der Waals surface area contributed by atoms with Crippen molar-refractivity contribution in [2.24, 2.45) is 0 Å². The third-order valence-corrected chi connectivity index (χ3v) is 5.45. The summed E-state index contributed by atoms with van der Waals surface area (Å²) in [7, 11) is 0. The lowest BCUT2D eigenvalue weighted by Crippen LogP contribution is -2.50. The highest BCUT2D eigenvalue weighted by atomic mass is 35.5. The van der Waals surface area contributed by atoms with E-state index in [9.17, 15) is 4.79 Å². The van der Waals surface area contributed by atoms with Crippen LogP contribution < -0.4 is 0 Å². The molecule has 0 radical (unpaired) electrons. The minimum atomic E-state index is -0.205. The normalized spacial score (nSPS) is 40.8. The van der Waals surface area contributed by atoms with Crippen LogP contribution in [0.3, 0.4) is 0 Å². The molecule has 94 valence electrons. The molecule has 1 aromatic carbocycles. The lowest BCUT2D eigenvalue weighted by Gasteiger charge is -2.43. The zero-order valence-electron chi connectivity index (χ0n) is 10.3. The van der Waals surface area contributed by atoms with Gasteiger partial charge in [0.05, 0.1) is 0 Å². The van der Waals surface area contributed by atoms with Gasteiger partial charge in [-0.2, -0.15) is 0 Å². The zero-order valence-corrected chi connectivity index (χ0v) is 11.1. The first kappa shape index (κ1) is 11.0. The van der Waals surface area contributed by atoms with Crippen molar-refractivity contribution in [1.29, 1.82) is 0 Å². The molecule has 2 nitrogen and oxygen atoms in total. The Bertz CT molecular complexity index is 568. The van der Waals surface area contributed by atoms with Crippen molar-refractivity contribution < 1.29 is 9.53 Å². The van der Waals surface area contributed by atoms with Gasteiger partial charge in [0, 0.05) is 16.9 Å². The third kappa shape index (κ3) is 1.11. The number of halogens is 1. The van der Waals surface area contributed by atoms with Gasteiger partial charge in [0.2, 0.25) is 0 Å². The van der Waals surface area contributed by atoms with Crippen molar-refractivity contribution in [3.8, 4) is 0 Å². The first-order valence-electron chi connectivity index (χ1n) is 6.56. The van der Waals surface area contributed by atoms with E-state index >= 15 is 0 Å². The quantitative estimate of drug-likeness (QED) is 0.673. The van der Waals surface area contributed by atoms with E-state index in [2.05, 4.69) is 19.1 Å². The van der Waals surface area contributed by atoms with E-state index in [0.29, 0.717) is 12.2 Å². The van der Waals surface area contributed by atoms with Crippen LogP contribution in [0, 0.1) is 0 Å². The molecule has 3 unspecified atom stereocenters. The summed E-state index contributed by atoms with van der Waals surface area (Å²) in [5.74, 6) is 0.296. The molecule has 3 heteroatoms. The Labute approximate surface area is 111 Å². The van der Waals surface area contributed by atoms with Crippen molar-refractivity contribution in [3.63, 3.8) is 0 Å². The third-order valence-electron chi connectivity index (χ3n) is 5.22. The van der Waals surface area contributed by atoms with Crippen LogP contribution >= 0.6 is 11.6 Å². The Morgan fingerprint density at radius 1 is 1.33 bits per heavy atom. The minimum Gasteiger partial charge on any atom is -0.357 e. The van der Waals surface area contributed by atoms with E-state index < -0.39 is 0 Å². The minimum absolute atomic E-state index is 0.0102. The molecule has 2 aliphatic carbocycles. The van der Waals surface area contributed by atoms with Crippen molar-refractivity contribution >= 4 is 17.4 Å². The molecule has 4 rings (SSSR count). The van der Waals surface area contributed by atoms with Gasteiger partial charge in [0.15, 0.2) is 5.78 Å². The number of Topliss-reactive ketones (excluding diaryl/α,β-unsaturated/α-hetero) is 1. The SMILES string of the molecule is CC12CCC(=O)C3OC31CCc1cc(Cl)ccc12. The smallest absolute Gasteiger partial charge is 0.164 e. The number of epoxide rings is 1. The van der Waals surface area contributed by atoms with Crippen LogP contribution in [0.25, 0.3) is 0 Å². The average molecular weight is 263 g/mol. The highest BCUT2D eigenvalue weighted by molar-refractivity contribution is 6.30. The second-order valence-electron chi connectivity index (χ2n) is 5.99. The zero-order chi connectivity index (χ0) is 12.5. The molecular weight excluding hydrogens is 248 g/mol. The van der Waals surface area contributed by atoms with Gasteiger partial charge in [0.25, 0.3) is 0 Å². The first-order chi connectivity index (χ1) is 8.57. The number of hydrogen-bond acceptors (Lipinski definition) is 2. The number of rotatable bonds is 0. The van der Waals surface area contributed by atoms with Gasteiger partial charge < -0.3 is 4.74 Å². The molecule has 18 heavy (non-hydrogen) atoms. The number of hydrogen-bond donors (Lipinski definition) is 0. The summed E-state index contributed by atoms with van der Waals surface area (Å²) in [6.07, 6.45) is 3.32. The predicted octanol–water partition coefficient (Wildman–Crippen LogP) is 3.04. The summed E-state index contributed by atoms with van der Waals surface area (Å²) in [5, 5.41) is 0.799. The average Bonchev–Trinajstić information content (AvgIpc) is 3.08. The van der Waals surface area contributed by atoms with Crippen molar-refractivity contribution in [2.45, 2.75) is 49.7 Å². The predicted molar refractivity (Wildman–Crippen MR) is 69.0 cm³/mol. The van der Waals surface area contributed by atoms with Crippen molar-refractivity contribution in [3.05, 3.63) is 34.3 Å². The van der Waals surface area contributed by atoms with Gasteiger partial charge in [-0.15, -0.1) is 0 Å². The maximum absolute atomic E-state index is 11.8. The van der Waals surface area contributed by atoms with Crippen LogP contribution in [0.4, 0.5) is 0 Å². The van der Waals surface area contributed by atoms with E-state index in [1.165, 1.54) is 11.1 Å². The molecular formula is C15H15ClO2. The second kappa shape index (κ2) is 3.17. The Hall–Kier alpha value is -0.860. The largest absolute Gasteiger partial charge is 0.357 e. The molecule has 3 atom stereocenters. The molecule has 1 saturated carbocycles. The van der Waals surface area contributed by atoms with Crippen LogP contribution in [0.2, 0.25) is 5.02 Å². The topological polar surface area (TPSA) is 29.6 Å². The standard InChI is InChI=1S/C15H15ClO2/c1-14-6-5-12(17)13-15(14,18-13)7-4-9-8-10(16)2-3-11(9)14/h2-3,8,13H,4-7H2,1H3. The van der Waals surface area contributed by atoms with Gasteiger partial charge in [-0.1, -0.05) is 24.6 Å². The molecule has 1 aliphatic heterocycles. The molecule has 0 N–H and O–H groups in total. The van der Waals surface area contributed by atoms with Crippen LogP contribution in [0.5, 0.6) is 0 Å². The van der Waals surface area contributed by atoms with Gasteiger partial charge in [-0.3, -0.25) is 4.79 Å². The summed E-state index contributed by atoms with van der Waals surface area (Å²) in [4.78, 5) is 11.8. The van der Waals surface area contributed by atoms with Gasteiger partial charge in [0.1, 0.15) is 11.7 Å². The molecule has 0 amide bonds. The van der Waals surface area contributed by atoms with Crippen molar-refractivity contribution in [2.75, 3.05) is 0 Å². The number of benzene rings is 1. The second-order valence-corrected chi connectivity index (χ2v) is 6.42. The lowest BCUT2D eigenvalue weighted by molar-refractivity contribution is -0.121. The monoisotopic (exact) mass is 262 g/mol. The number of aryl methyl sites for hydroxylation is 1. The van der Waals surface area contributed by atoms with Crippen molar-refractivity contribution in [1.82, 2.24) is 0 Å². The number of ether oxygens (including phenoxy) is 1. The number of carbonyl (C=O) groups is 1. The highest BCUT2D eigenvalue weighted by Crippen LogP contribution is 2.62. The maximum atomic E-state index is 11.8. The van der Waals surface area contributed by atoms with E-state index in [4.69, 9.17) is 16.3 Å². The fourth-order valence-corrected chi connectivity index (χ4v) is 4.29. The Morgan fingerprint density at radius 3 is 3.00 bits per heavy atom. The van der Waals surface area contributed by atoms with Crippen LogP contribution in [-0.2, 0) is 21.4 Å². The fraction of sp³-hybridized carbons (Fsp3) is 0.533. The Morgan fingerprint density at radius 2 is 2.17 bits per heavy atom. The summed E-state index contributed by atoms with van der Waals surface area (Å²) in [6.45, 7) is 2.26. The molecule has 1 aromatic rings. The fourth-order valence-electron chi connectivity index (χ4n) is 4.09. The summed E-state index contributed by atoms with van der Waals surface area (Å²) in [6, 6.07) is 6.16. The van der Waals surface area contributed by atoms with Gasteiger partial charge in [-0.25, -0.2) is 0 Å². The Balaban J connectivity index is 1.89. The van der Waals surface area contributed by atoms with E-state index in [1.807, 2.05) is 6.07 Å². The lowest BCUT2D eigenvalue weighted by atomic mass is 9.57. The summed E-state index contributed by atoms with van der Waals surface area (Å²) in [5.41, 5.74) is 2.46. The van der Waals surface area contributed by atoms with E-state index in [1.54, 1.807) is 0 Å². The summed E-state index contributed by atoms with van der Waals surface area (Å²) >= 11 is 6.08. The summed E-state index contributed by atoms with van der Waals surface area (Å²) < 4.78 is 5.89. The number of ketones is 1. The molecule has 1 saturated heterocycles. The Kier molecular flexibility index (Phi) is 1.94. The molecule has 1 heterocycles. The molecule has 3 aliphatic rings. The van der Waals surface area contributed by atoms with Gasteiger partial charge >= 0.3 is 0 Å². The van der Waals surface area contributed by atoms with E-state index in [-0.39, 0.29) is 17.1 Å².